The largest absolute Gasteiger partial charge is 0.383 e. The molecule has 1 aromatic heterocycles. The Labute approximate surface area is 162 Å². The number of pyridine rings is 1. The van der Waals surface area contributed by atoms with Crippen molar-refractivity contribution in [1.82, 2.24) is 4.98 Å². The van der Waals surface area contributed by atoms with Crippen LogP contribution in [0.3, 0.4) is 0 Å². The Hall–Kier alpha value is -2.74. The van der Waals surface area contributed by atoms with Gasteiger partial charge in [-0.1, -0.05) is 35.3 Å². The summed E-state index contributed by atoms with van der Waals surface area (Å²) in [5.74, 6) is 0.160. The van der Waals surface area contributed by atoms with E-state index in [9.17, 15) is 5.26 Å². The van der Waals surface area contributed by atoms with Gasteiger partial charge in [0.2, 0.25) is 0 Å². The molecule has 2 N–H and O–H groups in total. The second-order valence-electron chi connectivity index (χ2n) is 5.99. The second kappa shape index (κ2) is 7.25. The van der Waals surface area contributed by atoms with E-state index >= 15 is 0 Å². The summed E-state index contributed by atoms with van der Waals surface area (Å²) in [7, 11) is 3.94. The molecule has 26 heavy (non-hydrogen) atoms. The molecule has 3 aromatic rings. The Bertz CT molecular complexity index is 1010. The van der Waals surface area contributed by atoms with Gasteiger partial charge in [-0.15, -0.1) is 0 Å². The lowest BCUT2D eigenvalue weighted by atomic mass is 9.98. The lowest BCUT2D eigenvalue weighted by molar-refractivity contribution is 1.13. The quantitative estimate of drug-likeness (QED) is 0.672. The first-order valence-electron chi connectivity index (χ1n) is 7.84. The van der Waals surface area contributed by atoms with Crippen molar-refractivity contribution in [1.29, 1.82) is 5.26 Å². The monoisotopic (exact) mass is 382 g/mol. The molecule has 0 unspecified atom stereocenters. The summed E-state index contributed by atoms with van der Waals surface area (Å²) in [5, 5.41) is 10.6. The van der Waals surface area contributed by atoms with E-state index in [-0.39, 0.29) is 5.82 Å². The van der Waals surface area contributed by atoms with Crippen molar-refractivity contribution in [2.75, 3.05) is 24.7 Å². The molecule has 0 amide bonds. The van der Waals surface area contributed by atoms with Gasteiger partial charge in [0.05, 0.1) is 10.7 Å². The Morgan fingerprint density at radius 3 is 2.31 bits per heavy atom. The Morgan fingerprint density at radius 1 is 1.00 bits per heavy atom. The average molecular weight is 383 g/mol. The third-order valence-electron chi connectivity index (χ3n) is 4.06. The van der Waals surface area contributed by atoms with E-state index in [1.807, 2.05) is 49.3 Å². The molecular formula is C20H16Cl2N4. The van der Waals surface area contributed by atoms with Crippen LogP contribution in [0, 0.1) is 11.3 Å². The summed E-state index contributed by atoms with van der Waals surface area (Å²) in [6.07, 6.45) is 0. The van der Waals surface area contributed by atoms with Crippen LogP contribution in [0.5, 0.6) is 0 Å². The minimum atomic E-state index is 0.160. The first kappa shape index (κ1) is 18.1. The van der Waals surface area contributed by atoms with Gasteiger partial charge in [0.1, 0.15) is 17.5 Å². The van der Waals surface area contributed by atoms with Crippen LogP contribution in [0.4, 0.5) is 11.5 Å². The van der Waals surface area contributed by atoms with Crippen molar-refractivity contribution in [3.8, 4) is 28.5 Å². The van der Waals surface area contributed by atoms with Crippen molar-refractivity contribution in [3.05, 3.63) is 64.1 Å². The third-order valence-corrected chi connectivity index (χ3v) is 4.62. The summed E-state index contributed by atoms with van der Waals surface area (Å²) in [5.41, 5.74) is 10.3. The molecule has 0 spiro atoms. The molecule has 4 nitrogen and oxygen atoms in total. The second-order valence-corrected chi connectivity index (χ2v) is 6.84. The topological polar surface area (TPSA) is 65.9 Å². The van der Waals surface area contributed by atoms with E-state index in [0.717, 1.165) is 11.3 Å². The van der Waals surface area contributed by atoms with Crippen LogP contribution in [0.25, 0.3) is 22.4 Å². The van der Waals surface area contributed by atoms with Crippen LogP contribution in [0.1, 0.15) is 5.56 Å². The summed E-state index contributed by atoms with van der Waals surface area (Å²) in [6.45, 7) is 0. The number of aromatic nitrogens is 1. The van der Waals surface area contributed by atoms with Crippen LogP contribution in [-0.2, 0) is 0 Å². The highest BCUT2D eigenvalue weighted by Gasteiger charge is 2.15. The maximum atomic E-state index is 9.54. The highest BCUT2D eigenvalue weighted by Crippen LogP contribution is 2.35. The Morgan fingerprint density at radius 2 is 1.69 bits per heavy atom. The van der Waals surface area contributed by atoms with Crippen molar-refractivity contribution in [2.24, 2.45) is 0 Å². The SMILES string of the molecule is CN(C)c1ccc(-c2cc(-c3cc(Cl)ccc3Cl)nc(N)c2C#N)cc1. The fourth-order valence-electron chi connectivity index (χ4n) is 2.68. The maximum Gasteiger partial charge on any atom is 0.142 e. The number of benzene rings is 2. The molecule has 0 atom stereocenters. The smallest absolute Gasteiger partial charge is 0.142 e. The summed E-state index contributed by atoms with van der Waals surface area (Å²) in [4.78, 5) is 6.36. The van der Waals surface area contributed by atoms with Crippen LogP contribution in [0.15, 0.2) is 48.5 Å². The average Bonchev–Trinajstić information content (AvgIpc) is 2.63. The molecule has 0 saturated heterocycles. The van der Waals surface area contributed by atoms with Gasteiger partial charge in [-0.3, -0.25) is 0 Å². The van der Waals surface area contributed by atoms with E-state index in [1.54, 1.807) is 18.2 Å². The summed E-state index contributed by atoms with van der Waals surface area (Å²) in [6, 6.07) is 17.0. The van der Waals surface area contributed by atoms with Crippen LogP contribution >= 0.6 is 23.2 Å². The minimum Gasteiger partial charge on any atom is -0.383 e. The van der Waals surface area contributed by atoms with E-state index in [4.69, 9.17) is 28.9 Å². The van der Waals surface area contributed by atoms with Gasteiger partial charge in [0.15, 0.2) is 0 Å². The van der Waals surface area contributed by atoms with Crippen LogP contribution in [-0.4, -0.2) is 19.1 Å². The maximum absolute atomic E-state index is 9.54. The third kappa shape index (κ3) is 3.45. The highest BCUT2D eigenvalue weighted by molar-refractivity contribution is 6.35. The molecule has 6 heteroatoms. The molecule has 0 aliphatic heterocycles. The van der Waals surface area contributed by atoms with Gasteiger partial charge in [-0.2, -0.15) is 5.26 Å². The van der Waals surface area contributed by atoms with E-state index in [1.165, 1.54) is 0 Å². The van der Waals surface area contributed by atoms with Gasteiger partial charge < -0.3 is 10.6 Å². The summed E-state index contributed by atoms with van der Waals surface area (Å²) < 4.78 is 0. The standard InChI is InChI=1S/C20H16Cl2N4/c1-26(2)14-6-3-12(4-7-14)15-10-19(25-20(24)17(15)11-23)16-9-13(21)5-8-18(16)22/h3-10H,1-2H3,(H2,24,25). The normalized spacial score (nSPS) is 10.4. The number of nitrogens with two attached hydrogens (primary N) is 1. The zero-order chi connectivity index (χ0) is 18.8. The van der Waals surface area contributed by atoms with Crippen molar-refractivity contribution >= 4 is 34.7 Å². The zero-order valence-electron chi connectivity index (χ0n) is 14.3. The molecule has 0 radical (unpaired) electrons. The van der Waals surface area contributed by atoms with Crippen LogP contribution < -0.4 is 10.6 Å². The fourth-order valence-corrected chi connectivity index (χ4v) is 3.07. The number of rotatable bonds is 3. The number of nitriles is 1. The summed E-state index contributed by atoms with van der Waals surface area (Å²) >= 11 is 12.4. The number of anilines is 2. The van der Waals surface area contributed by atoms with Crippen LogP contribution in [0.2, 0.25) is 10.0 Å². The lowest BCUT2D eigenvalue weighted by Gasteiger charge is -2.14. The number of nitrogens with zero attached hydrogens (tertiary/aromatic N) is 3. The fraction of sp³-hybridized carbons (Fsp3) is 0.100. The number of nitrogen functional groups attached to an aromatic ring is 1. The molecule has 0 aliphatic carbocycles. The molecule has 0 saturated carbocycles. The zero-order valence-corrected chi connectivity index (χ0v) is 15.8. The molecule has 130 valence electrons. The highest BCUT2D eigenvalue weighted by atomic mass is 35.5. The number of hydrogen-bond acceptors (Lipinski definition) is 4. The predicted molar refractivity (Wildman–Crippen MR) is 109 cm³/mol. The van der Waals surface area contributed by atoms with Gasteiger partial charge in [-0.05, 0) is 42.0 Å². The van der Waals surface area contributed by atoms with Crippen molar-refractivity contribution in [3.63, 3.8) is 0 Å². The molecule has 1 heterocycles. The first-order chi connectivity index (χ1) is 12.4. The minimum absolute atomic E-state index is 0.160. The molecule has 0 aliphatic rings. The number of hydrogen-bond donors (Lipinski definition) is 1. The van der Waals surface area contributed by atoms with Crippen molar-refractivity contribution < 1.29 is 0 Å². The molecule has 2 aromatic carbocycles. The first-order valence-corrected chi connectivity index (χ1v) is 8.60. The molecule has 0 fully saturated rings. The molecular weight excluding hydrogens is 367 g/mol. The van der Waals surface area contributed by atoms with E-state index in [0.29, 0.717) is 32.4 Å². The molecule has 0 bridgehead atoms. The van der Waals surface area contributed by atoms with Gasteiger partial charge in [-0.25, -0.2) is 4.98 Å². The van der Waals surface area contributed by atoms with Gasteiger partial charge >= 0.3 is 0 Å². The Balaban J connectivity index is 2.20. The lowest BCUT2D eigenvalue weighted by Crippen LogP contribution is -2.08. The molecule has 3 rings (SSSR count). The van der Waals surface area contributed by atoms with Gasteiger partial charge in [0.25, 0.3) is 0 Å². The van der Waals surface area contributed by atoms with Gasteiger partial charge in [0, 0.05) is 35.9 Å². The van der Waals surface area contributed by atoms with E-state index in [2.05, 4.69) is 11.1 Å². The Kier molecular flexibility index (Phi) is 5.03. The van der Waals surface area contributed by atoms with E-state index < -0.39 is 0 Å². The predicted octanol–water partition coefficient (Wildman–Crippen LogP) is 5.24. The number of halogens is 2. The van der Waals surface area contributed by atoms with Crippen molar-refractivity contribution in [2.45, 2.75) is 0 Å².